The number of nitrogen functional groups attached to an aromatic ring is 1. The Hall–Kier alpha value is -1.56. The van der Waals surface area contributed by atoms with Crippen LogP contribution in [0, 0.1) is 0 Å². The Kier molecular flexibility index (Phi) is 5.20. The summed E-state index contributed by atoms with van der Waals surface area (Å²) in [6.45, 7) is 4.31. The molecular weight excluding hydrogens is 242 g/mol. The summed E-state index contributed by atoms with van der Waals surface area (Å²) >= 11 is 0. The molecule has 1 aromatic heterocycles. The maximum atomic E-state index is 5.62. The Balaban J connectivity index is 1.79. The van der Waals surface area contributed by atoms with Gasteiger partial charge in [0.05, 0.1) is 7.11 Å². The summed E-state index contributed by atoms with van der Waals surface area (Å²) in [5.74, 6) is 1.44. The maximum absolute atomic E-state index is 5.62. The number of nitrogens with zero attached hydrogens (tertiary/aromatic N) is 3. The molecule has 0 bridgehead atoms. The predicted octanol–water partition coefficient (Wildman–Crippen LogP) is 1.36. The lowest BCUT2D eigenvalue weighted by Crippen LogP contribution is -2.30. The van der Waals surface area contributed by atoms with Crippen LogP contribution in [0.4, 0.5) is 11.8 Å². The first-order chi connectivity index (χ1) is 9.28. The molecule has 6 nitrogen and oxygen atoms in total. The predicted molar refractivity (Wildman–Crippen MR) is 76.4 cm³/mol. The monoisotopic (exact) mass is 265 g/mol. The molecule has 0 aromatic carbocycles. The number of anilines is 2. The molecule has 1 aliphatic heterocycles. The van der Waals surface area contributed by atoms with E-state index >= 15 is 0 Å². The SMILES string of the molecule is COc1cc(NCCN2CCCCCC2)nc(N)n1. The standard InChI is InChI=1S/C13H23N5O/c1-19-12-10-11(16-13(14)17-12)15-6-9-18-7-4-2-3-5-8-18/h10H,2-9H2,1H3,(H3,14,15,16,17). The van der Waals surface area contributed by atoms with Gasteiger partial charge in [-0.05, 0) is 25.9 Å². The zero-order valence-corrected chi connectivity index (χ0v) is 11.6. The van der Waals surface area contributed by atoms with Crippen LogP contribution in [0.25, 0.3) is 0 Å². The van der Waals surface area contributed by atoms with Crippen molar-refractivity contribution in [2.75, 3.05) is 44.3 Å². The zero-order chi connectivity index (χ0) is 13.5. The van der Waals surface area contributed by atoms with Gasteiger partial charge in [-0.25, -0.2) is 0 Å². The summed E-state index contributed by atoms with van der Waals surface area (Å²) < 4.78 is 5.07. The zero-order valence-electron chi connectivity index (χ0n) is 11.6. The molecule has 1 fully saturated rings. The lowest BCUT2D eigenvalue weighted by atomic mass is 10.2. The average Bonchev–Trinajstić information content (AvgIpc) is 2.67. The van der Waals surface area contributed by atoms with Crippen LogP contribution in [0.1, 0.15) is 25.7 Å². The van der Waals surface area contributed by atoms with Gasteiger partial charge < -0.3 is 20.7 Å². The Morgan fingerprint density at radius 1 is 1.26 bits per heavy atom. The van der Waals surface area contributed by atoms with Crippen LogP contribution in [-0.4, -0.2) is 48.2 Å². The van der Waals surface area contributed by atoms with Crippen LogP contribution in [0.5, 0.6) is 5.88 Å². The Morgan fingerprint density at radius 2 is 2.00 bits per heavy atom. The molecule has 106 valence electrons. The Bertz CT molecular complexity index is 391. The topological polar surface area (TPSA) is 76.3 Å². The fourth-order valence-electron chi connectivity index (χ4n) is 2.34. The Labute approximate surface area is 114 Å². The minimum absolute atomic E-state index is 0.233. The van der Waals surface area contributed by atoms with Crippen LogP contribution >= 0.6 is 0 Å². The van der Waals surface area contributed by atoms with E-state index in [-0.39, 0.29) is 5.95 Å². The molecule has 0 spiro atoms. The highest BCUT2D eigenvalue weighted by atomic mass is 16.5. The summed E-state index contributed by atoms with van der Waals surface area (Å²) in [5.41, 5.74) is 5.62. The second-order valence-electron chi connectivity index (χ2n) is 4.84. The van der Waals surface area contributed by atoms with E-state index in [0.717, 1.165) is 18.9 Å². The van der Waals surface area contributed by atoms with Gasteiger partial charge in [0.25, 0.3) is 0 Å². The van der Waals surface area contributed by atoms with Gasteiger partial charge in [-0.1, -0.05) is 12.8 Å². The van der Waals surface area contributed by atoms with E-state index in [4.69, 9.17) is 10.5 Å². The molecule has 19 heavy (non-hydrogen) atoms. The number of hydrogen-bond donors (Lipinski definition) is 2. The van der Waals surface area contributed by atoms with Crippen molar-refractivity contribution in [1.29, 1.82) is 0 Å². The maximum Gasteiger partial charge on any atom is 0.225 e. The molecule has 0 aliphatic carbocycles. The van der Waals surface area contributed by atoms with Crippen LogP contribution in [0.3, 0.4) is 0 Å². The van der Waals surface area contributed by atoms with Crippen molar-refractivity contribution in [2.45, 2.75) is 25.7 Å². The third-order valence-electron chi connectivity index (χ3n) is 3.36. The largest absolute Gasteiger partial charge is 0.481 e. The van der Waals surface area contributed by atoms with Gasteiger partial charge in [-0.2, -0.15) is 9.97 Å². The van der Waals surface area contributed by atoms with Crippen molar-refractivity contribution in [3.05, 3.63) is 6.07 Å². The number of hydrogen-bond acceptors (Lipinski definition) is 6. The second-order valence-corrected chi connectivity index (χ2v) is 4.84. The fourth-order valence-corrected chi connectivity index (χ4v) is 2.34. The van der Waals surface area contributed by atoms with Crippen LogP contribution in [0.15, 0.2) is 6.07 Å². The molecule has 0 atom stereocenters. The summed E-state index contributed by atoms with van der Waals surface area (Å²) in [7, 11) is 1.57. The first-order valence-corrected chi connectivity index (χ1v) is 6.93. The van der Waals surface area contributed by atoms with Crippen molar-refractivity contribution in [3.63, 3.8) is 0 Å². The van der Waals surface area contributed by atoms with Crippen molar-refractivity contribution in [3.8, 4) is 5.88 Å². The normalized spacial score (nSPS) is 16.9. The van der Waals surface area contributed by atoms with Crippen LogP contribution in [0.2, 0.25) is 0 Å². The van der Waals surface area contributed by atoms with Gasteiger partial charge in [0.15, 0.2) is 0 Å². The molecule has 1 saturated heterocycles. The summed E-state index contributed by atoms with van der Waals surface area (Å²) in [6, 6.07) is 1.76. The quantitative estimate of drug-likeness (QED) is 0.837. The molecule has 6 heteroatoms. The lowest BCUT2D eigenvalue weighted by molar-refractivity contribution is 0.296. The lowest BCUT2D eigenvalue weighted by Gasteiger charge is -2.19. The van der Waals surface area contributed by atoms with E-state index < -0.39 is 0 Å². The molecule has 1 aliphatic rings. The van der Waals surface area contributed by atoms with E-state index in [9.17, 15) is 0 Å². The minimum Gasteiger partial charge on any atom is -0.481 e. The van der Waals surface area contributed by atoms with Gasteiger partial charge >= 0.3 is 0 Å². The van der Waals surface area contributed by atoms with Gasteiger partial charge in [-0.15, -0.1) is 0 Å². The highest BCUT2D eigenvalue weighted by Gasteiger charge is 2.08. The third-order valence-corrected chi connectivity index (χ3v) is 3.36. The van der Waals surface area contributed by atoms with Gasteiger partial charge in [-0.3, -0.25) is 0 Å². The highest BCUT2D eigenvalue weighted by molar-refractivity contribution is 5.42. The van der Waals surface area contributed by atoms with Gasteiger partial charge in [0, 0.05) is 19.2 Å². The van der Waals surface area contributed by atoms with E-state index in [1.807, 2.05) is 0 Å². The van der Waals surface area contributed by atoms with Gasteiger partial charge in [0.2, 0.25) is 11.8 Å². The number of ether oxygens (including phenoxy) is 1. The molecule has 0 saturated carbocycles. The first kappa shape index (κ1) is 13.9. The Morgan fingerprint density at radius 3 is 2.68 bits per heavy atom. The number of aromatic nitrogens is 2. The van der Waals surface area contributed by atoms with E-state index in [1.54, 1.807) is 13.2 Å². The molecule has 0 unspecified atom stereocenters. The van der Waals surface area contributed by atoms with Crippen LogP contribution in [-0.2, 0) is 0 Å². The summed E-state index contributed by atoms with van der Waals surface area (Å²) in [5, 5.41) is 3.28. The highest BCUT2D eigenvalue weighted by Crippen LogP contribution is 2.14. The summed E-state index contributed by atoms with van der Waals surface area (Å²) in [6.07, 6.45) is 5.36. The van der Waals surface area contributed by atoms with Crippen molar-refractivity contribution >= 4 is 11.8 Å². The van der Waals surface area contributed by atoms with Crippen molar-refractivity contribution in [1.82, 2.24) is 14.9 Å². The number of nitrogens with one attached hydrogen (secondary N) is 1. The third kappa shape index (κ3) is 4.55. The van der Waals surface area contributed by atoms with Gasteiger partial charge in [0.1, 0.15) is 5.82 Å². The molecular formula is C13H23N5O. The number of rotatable bonds is 5. The number of likely N-dealkylation sites (tertiary alicyclic amines) is 1. The fraction of sp³-hybridized carbons (Fsp3) is 0.692. The second kappa shape index (κ2) is 7.13. The number of nitrogens with two attached hydrogens (primary N) is 1. The van der Waals surface area contributed by atoms with E-state index in [1.165, 1.54) is 38.8 Å². The smallest absolute Gasteiger partial charge is 0.225 e. The molecule has 3 N–H and O–H groups in total. The molecule has 0 amide bonds. The van der Waals surface area contributed by atoms with Crippen molar-refractivity contribution in [2.24, 2.45) is 0 Å². The minimum atomic E-state index is 0.233. The summed E-state index contributed by atoms with van der Waals surface area (Å²) in [4.78, 5) is 10.6. The van der Waals surface area contributed by atoms with E-state index in [0.29, 0.717) is 5.88 Å². The van der Waals surface area contributed by atoms with E-state index in [2.05, 4.69) is 20.2 Å². The van der Waals surface area contributed by atoms with Crippen LogP contribution < -0.4 is 15.8 Å². The molecule has 2 rings (SSSR count). The number of methoxy groups -OCH3 is 1. The molecule has 0 radical (unpaired) electrons. The first-order valence-electron chi connectivity index (χ1n) is 6.93. The van der Waals surface area contributed by atoms with Crippen molar-refractivity contribution < 1.29 is 4.74 Å². The average molecular weight is 265 g/mol. The molecule has 1 aromatic rings. The molecule has 2 heterocycles.